The van der Waals surface area contributed by atoms with E-state index in [1.165, 1.54) is 0 Å². The largest absolute Gasteiger partial charge is 0.295 e. The Bertz CT molecular complexity index is 678. The van der Waals surface area contributed by atoms with Crippen molar-refractivity contribution in [3.05, 3.63) is 54.6 Å². The maximum Gasteiger partial charge on any atom is 0.295 e. The minimum atomic E-state index is -4.23. The average molecular weight is 334 g/mol. The van der Waals surface area contributed by atoms with Crippen LogP contribution in [-0.2, 0) is 16.5 Å². The first-order valence-electron chi connectivity index (χ1n) is 5.13. The zero-order chi connectivity index (χ0) is 12.5. The molecule has 18 heavy (non-hydrogen) atoms. The van der Waals surface area contributed by atoms with E-state index in [-0.39, 0.29) is 63.1 Å². The molecule has 0 unspecified atom stereocenters. The van der Waals surface area contributed by atoms with Gasteiger partial charge in [-0.25, -0.2) is 0 Å². The van der Waals surface area contributed by atoms with E-state index in [9.17, 15) is 13.0 Å². The summed E-state index contributed by atoms with van der Waals surface area (Å²) >= 11 is 0. The molecule has 0 amide bonds. The third kappa shape index (κ3) is 3.38. The molecule has 2 aromatic carbocycles. The van der Waals surface area contributed by atoms with Crippen LogP contribution in [0.2, 0.25) is 0 Å². The Hall–Kier alpha value is 0.155. The van der Waals surface area contributed by atoms with Gasteiger partial charge in [0.25, 0.3) is 10.1 Å². The number of allylic oxidation sites excluding steroid dienone is 1. The monoisotopic (exact) mass is 333 g/mol. The molecule has 0 aliphatic heterocycles. The average Bonchev–Trinajstić information content (AvgIpc) is 2.27. The Kier molecular flexibility index (Phi) is 5.89. The predicted octanol–water partition coefficient (Wildman–Crippen LogP) is 2.43. The maximum atomic E-state index is 11.5. The summed E-state index contributed by atoms with van der Waals surface area (Å²) in [6, 6.07) is 10.6. The van der Waals surface area contributed by atoms with Gasteiger partial charge in [0.15, 0.2) is 0 Å². The summed E-state index contributed by atoms with van der Waals surface area (Å²) in [5.74, 6) is 0. The van der Waals surface area contributed by atoms with Crippen LogP contribution >= 0.6 is 0 Å². The molecule has 1 N–H and O–H groups in total. The smallest absolute Gasteiger partial charge is 0.282 e. The van der Waals surface area contributed by atoms with Gasteiger partial charge in [-0.15, -0.1) is 6.58 Å². The van der Waals surface area contributed by atoms with Gasteiger partial charge in [-0.2, -0.15) is 8.42 Å². The van der Waals surface area contributed by atoms with Gasteiger partial charge >= 0.3 is 0 Å². The van der Waals surface area contributed by atoms with Crippen LogP contribution in [0.1, 0.15) is 5.56 Å². The second kappa shape index (κ2) is 6.54. The summed E-state index contributed by atoms with van der Waals surface area (Å²) in [5, 5.41) is 1.32. The van der Waals surface area contributed by atoms with Crippen LogP contribution < -0.4 is 0 Å². The molecule has 0 heterocycles. The Labute approximate surface area is 155 Å². The van der Waals surface area contributed by atoms with Crippen molar-refractivity contribution < 1.29 is 13.0 Å². The molecule has 0 atom stereocenters. The SMILES string of the molecule is C=CCc1ccc2ccccc2c1S(=O)(=O)O.[Rb]. The molecule has 0 spiro atoms. The normalized spacial score (nSPS) is 10.9. The minimum absolute atomic E-state index is 0. The zero-order valence-electron chi connectivity index (χ0n) is 10.1. The van der Waals surface area contributed by atoms with E-state index in [0.29, 0.717) is 17.4 Å². The van der Waals surface area contributed by atoms with E-state index >= 15 is 0 Å². The topological polar surface area (TPSA) is 54.4 Å². The standard InChI is InChI=1S/C13H12O3S.Rb/c1-2-5-11-9-8-10-6-3-4-7-12(10)13(11)17(14,15)16;/h2-4,6-9H,1,5H2,(H,14,15,16);. The van der Waals surface area contributed by atoms with Crippen LogP contribution in [0.25, 0.3) is 10.8 Å². The third-order valence-corrected chi connectivity index (χ3v) is 3.58. The molecule has 0 bridgehead atoms. The summed E-state index contributed by atoms with van der Waals surface area (Å²) < 4.78 is 32.3. The second-order valence-electron chi connectivity index (χ2n) is 3.74. The van der Waals surface area contributed by atoms with Crippen molar-refractivity contribution >= 4 is 79.1 Å². The van der Waals surface area contributed by atoms with Crippen molar-refractivity contribution in [3.8, 4) is 0 Å². The molecule has 3 nitrogen and oxygen atoms in total. The van der Waals surface area contributed by atoms with Crippen LogP contribution in [0.4, 0.5) is 0 Å². The molecule has 0 saturated carbocycles. The van der Waals surface area contributed by atoms with Gasteiger partial charge < -0.3 is 0 Å². The molecule has 5 heteroatoms. The minimum Gasteiger partial charge on any atom is -0.282 e. The zero-order valence-corrected chi connectivity index (χ0v) is 15.9. The van der Waals surface area contributed by atoms with Crippen molar-refractivity contribution in [3.63, 3.8) is 0 Å². The van der Waals surface area contributed by atoms with Crippen molar-refractivity contribution in [2.24, 2.45) is 0 Å². The van der Waals surface area contributed by atoms with Crippen molar-refractivity contribution in [1.82, 2.24) is 0 Å². The van der Waals surface area contributed by atoms with Crippen LogP contribution in [0, 0.1) is 0 Å². The first-order chi connectivity index (χ1) is 8.04. The van der Waals surface area contributed by atoms with E-state index in [4.69, 9.17) is 0 Å². The van der Waals surface area contributed by atoms with Gasteiger partial charge in [-0.1, -0.05) is 42.5 Å². The molecule has 1 radical (unpaired) electrons. The summed E-state index contributed by atoms with van der Waals surface area (Å²) in [5.41, 5.74) is 0.557. The molecule has 0 aliphatic carbocycles. The van der Waals surface area contributed by atoms with E-state index in [1.807, 2.05) is 18.2 Å². The number of benzene rings is 2. The van der Waals surface area contributed by atoms with Gasteiger partial charge in [0, 0.05) is 63.6 Å². The van der Waals surface area contributed by atoms with Crippen LogP contribution in [0.3, 0.4) is 0 Å². The molecule has 0 aromatic heterocycles. The molecule has 2 aromatic rings. The fraction of sp³-hybridized carbons (Fsp3) is 0.0769. The Balaban J connectivity index is 0.00000162. The Morgan fingerprint density at radius 1 is 1.17 bits per heavy atom. The molecule has 0 aliphatic rings. The second-order valence-corrected chi connectivity index (χ2v) is 5.10. The summed E-state index contributed by atoms with van der Waals surface area (Å²) in [7, 11) is -4.23. The van der Waals surface area contributed by atoms with Gasteiger partial charge in [-0.05, 0) is 17.4 Å². The maximum absolute atomic E-state index is 11.5. The van der Waals surface area contributed by atoms with Crippen LogP contribution in [-0.4, -0.2) is 71.2 Å². The van der Waals surface area contributed by atoms with Crippen LogP contribution in [0.5, 0.6) is 0 Å². The van der Waals surface area contributed by atoms with Crippen LogP contribution in [0.15, 0.2) is 53.9 Å². The van der Waals surface area contributed by atoms with E-state index in [1.54, 1.807) is 24.3 Å². The number of rotatable bonds is 3. The summed E-state index contributed by atoms with van der Waals surface area (Å²) in [4.78, 5) is -0.0181. The van der Waals surface area contributed by atoms with E-state index < -0.39 is 10.1 Å². The Morgan fingerprint density at radius 2 is 1.83 bits per heavy atom. The molecular formula is C13H12O3RbS. The van der Waals surface area contributed by atoms with Crippen molar-refractivity contribution in [2.45, 2.75) is 11.3 Å². The fourth-order valence-corrected chi connectivity index (χ4v) is 2.86. The van der Waals surface area contributed by atoms with Gasteiger partial charge in [0.2, 0.25) is 0 Å². The van der Waals surface area contributed by atoms with E-state index in [2.05, 4.69) is 6.58 Å². The van der Waals surface area contributed by atoms with Crippen molar-refractivity contribution in [1.29, 1.82) is 0 Å². The quantitative estimate of drug-likeness (QED) is 0.693. The number of hydrogen-bond donors (Lipinski definition) is 1. The Morgan fingerprint density at radius 3 is 2.44 bits per heavy atom. The van der Waals surface area contributed by atoms with Gasteiger partial charge in [0.05, 0.1) is 0 Å². The molecular weight excluding hydrogens is 322 g/mol. The first kappa shape index (κ1) is 16.2. The number of fused-ring (bicyclic) bond motifs is 1. The van der Waals surface area contributed by atoms with Gasteiger partial charge in [0.1, 0.15) is 4.90 Å². The molecule has 0 saturated heterocycles. The molecule has 0 fully saturated rings. The third-order valence-electron chi connectivity index (χ3n) is 2.58. The fourth-order valence-electron chi connectivity index (χ4n) is 1.91. The summed E-state index contributed by atoms with van der Waals surface area (Å²) in [6.45, 7) is 3.58. The molecule has 89 valence electrons. The molecule has 2 rings (SSSR count). The predicted molar refractivity (Wildman–Crippen MR) is 73.4 cm³/mol. The van der Waals surface area contributed by atoms with Gasteiger partial charge in [-0.3, -0.25) is 4.55 Å². The first-order valence-corrected chi connectivity index (χ1v) is 6.57. The summed E-state index contributed by atoms with van der Waals surface area (Å²) in [6.07, 6.45) is 2.01. The van der Waals surface area contributed by atoms with Crippen molar-refractivity contribution in [2.75, 3.05) is 0 Å². The van der Waals surface area contributed by atoms with E-state index in [0.717, 1.165) is 5.39 Å². The number of hydrogen-bond acceptors (Lipinski definition) is 2.